The minimum Gasteiger partial charge on any atom is -0.315 e. The quantitative estimate of drug-likeness (QED) is 0.749. The van der Waals surface area contributed by atoms with Crippen molar-refractivity contribution in [3.63, 3.8) is 0 Å². The van der Waals surface area contributed by atoms with Crippen LogP contribution in [0.25, 0.3) is 0 Å². The first-order valence-electron chi connectivity index (χ1n) is 7.04. The zero-order chi connectivity index (χ0) is 12.0. The molecule has 0 spiro atoms. The number of hydrogen-bond acceptors (Lipinski definition) is 2. The van der Waals surface area contributed by atoms with E-state index in [2.05, 4.69) is 37.9 Å². The average molecular weight is 226 g/mol. The van der Waals surface area contributed by atoms with Gasteiger partial charge < -0.3 is 5.32 Å². The molecule has 2 heteroatoms. The third-order valence-electron chi connectivity index (χ3n) is 3.28. The Morgan fingerprint density at radius 1 is 1.12 bits per heavy atom. The third-order valence-corrected chi connectivity index (χ3v) is 3.28. The van der Waals surface area contributed by atoms with E-state index in [0.717, 1.165) is 24.4 Å². The van der Waals surface area contributed by atoms with Crippen LogP contribution in [0.5, 0.6) is 0 Å². The Bertz CT molecular complexity index is 178. The Morgan fingerprint density at radius 3 is 2.50 bits per heavy atom. The monoisotopic (exact) mass is 226 g/mol. The molecule has 1 aliphatic rings. The van der Waals surface area contributed by atoms with Crippen LogP contribution in [0.1, 0.15) is 47.0 Å². The van der Waals surface area contributed by atoms with Crippen LogP contribution < -0.4 is 5.32 Å². The second-order valence-corrected chi connectivity index (χ2v) is 6.09. The molecule has 1 atom stereocenters. The van der Waals surface area contributed by atoms with E-state index < -0.39 is 0 Å². The molecule has 0 aliphatic carbocycles. The van der Waals surface area contributed by atoms with Crippen LogP contribution in [0.3, 0.4) is 0 Å². The van der Waals surface area contributed by atoms with Crippen molar-refractivity contribution in [2.24, 2.45) is 11.8 Å². The van der Waals surface area contributed by atoms with Crippen molar-refractivity contribution in [2.45, 2.75) is 53.0 Å². The molecule has 0 unspecified atom stereocenters. The van der Waals surface area contributed by atoms with E-state index in [1.54, 1.807) is 0 Å². The van der Waals surface area contributed by atoms with E-state index in [1.807, 2.05) is 0 Å². The molecule has 96 valence electrons. The minimum absolute atomic E-state index is 0.766. The Hall–Kier alpha value is -0.0800. The van der Waals surface area contributed by atoms with Gasteiger partial charge in [0.25, 0.3) is 0 Å². The lowest BCUT2D eigenvalue weighted by Crippen LogP contribution is -2.47. The van der Waals surface area contributed by atoms with Crippen LogP contribution in [0.2, 0.25) is 0 Å². The summed E-state index contributed by atoms with van der Waals surface area (Å²) in [5.74, 6) is 1.56. The van der Waals surface area contributed by atoms with Gasteiger partial charge in [-0.1, -0.05) is 34.1 Å². The maximum absolute atomic E-state index is 3.62. The summed E-state index contributed by atoms with van der Waals surface area (Å²) in [7, 11) is 0. The maximum atomic E-state index is 3.62. The van der Waals surface area contributed by atoms with Gasteiger partial charge in [-0.25, -0.2) is 0 Å². The molecule has 0 amide bonds. The minimum atomic E-state index is 0.766. The van der Waals surface area contributed by atoms with Gasteiger partial charge in [0.1, 0.15) is 0 Å². The van der Waals surface area contributed by atoms with Crippen LogP contribution in [0, 0.1) is 11.8 Å². The van der Waals surface area contributed by atoms with Crippen LogP contribution >= 0.6 is 0 Å². The second kappa shape index (κ2) is 7.29. The predicted octanol–water partition coefficient (Wildman–Crippen LogP) is 2.74. The number of likely N-dealkylation sites (tertiary alicyclic amines) is 1. The van der Waals surface area contributed by atoms with Crippen molar-refractivity contribution >= 4 is 0 Å². The molecule has 0 aromatic carbocycles. The van der Waals surface area contributed by atoms with Gasteiger partial charge in [-0.15, -0.1) is 0 Å². The number of nitrogens with one attached hydrogen (secondary N) is 1. The van der Waals surface area contributed by atoms with Crippen LogP contribution in [0.4, 0.5) is 0 Å². The normalized spacial score (nSPS) is 23.2. The van der Waals surface area contributed by atoms with Gasteiger partial charge in [-0.05, 0) is 37.8 Å². The highest BCUT2D eigenvalue weighted by Crippen LogP contribution is 2.17. The molecule has 0 bridgehead atoms. The summed E-state index contributed by atoms with van der Waals surface area (Å²) in [6.07, 6.45) is 4.20. The topological polar surface area (TPSA) is 15.3 Å². The number of hydrogen-bond donors (Lipinski definition) is 1. The fourth-order valence-electron chi connectivity index (χ4n) is 2.54. The predicted molar refractivity (Wildman–Crippen MR) is 71.8 cm³/mol. The molecule has 1 saturated heterocycles. The second-order valence-electron chi connectivity index (χ2n) is 6.09. The Balaban J connectivity index is 2.29. The van der Waals surface area contributed by atoms with Gasteiger partial charge in [0.05, 0.1) is 0 Å². The molecule has 0 aromatic heterocycles. The Kier molecular flexibility index (Phi) is 6.37. The summed E-state index contributed by atoms with van der Waals surface area (Å²) in [5.41, 5.74) is 0. The fourth-order valence-corrected chi connectivity index (χ4v) is 2.54. The van der Waals surface area contributed by atoms with Crippen molar-refractivity contribution in [3.05, 3.63) is 0 Å². The van der Waals surface area contributed by atoms with Crippen LogP contribution in [-0.4, -0.2) is 37.1 Å². The van der Waals surface area contributed by atoms with E-state index in [9.17, 15) is 0 Å². The molecule has 1 fully saturated rings. The first-order chi connectivity index (χ1) is 7.59. The van der Waals surface area contributed by atoms with Gasteiger partial charge in [0.2, 0.25) is 0 Å². The maximum Gasteiger partial charge on any atom is 0.0220 e. The van der Waals surface area contributed by atoms with E-state index in [4.69, 9.17) is 0 Å². The lowest BCUT2D eigenvalue weighted by Gasteiger charge is -2.37. The molecule has 1 rings (SSSR count). The van der Waals surface area contributed by atoms with Gasteiger partial charge in [0, 0.05) is 19.1 Å². The molecule has 0 saturated carbocycles. The zero-order valence-electron chi connectivity index (χ0n) is 11.6. The van der Waals surface area contributed by atoms with E-state index in [1.165, 1.54) is 38.9 Å². The molecule has 1 N–H and O–H groups in total. The Morgan fingerprint density at radius 2 is 1.88 bits per heavy atom. The first-order valence-corrected chi connectivity index (χ1v) is 7.04. The van der Waals surface area contributed by atoms with Crippen molar-refractivity contribution in [1.82, 2.24) is 10.2 Å². The summed E-state index contributed by atoms with van der Waals surface area (Å²) < 4.78 is 0. The summed E-state index contributed by atoms with van der Waals surface area (Å²) in [6.45, 7) is 14.1. The van der Waals surface area contributed by atoms with Crippen LogP contribution in [0.15, 0.2) is 0 Å². The summed E-state index contributed by atoms with van der Waals surface area (Å²) in [5, 5.41) is 3.62. The largest absolute Gasteiger partial charge is 0.315 e. The lowest BCUT2D eigenvalue weighted by atomic mass is 10.0. The van der Waals surface area contributed by atoms with Gasteiger partial charge in [0.15, 0.2) is 0 Å². The highest BCUT2D eigenvalue weighted by molar-refractivity contribution is 4.79. The van der Waals surface area contributed by atoms with Crippen molar-refractivity contribution in [2.75, 3.05) is 26.2 Å². The molecular weight excluding hydrogens is 196 g/mol. The number of rotatable bonds is 6. The van der Waals surface area contributed by atoms with Crippen LogP contribution in [-0.2, 0) is 0 Å². The molecule has 16 heavy (non-hydrogen) atoms. The van der Waals surface area contributed by atoms with Crippen molar-refractivity contribution < 1.29 is 0 Å². The third kappa shape index (κ3) is 5.31. The summed E-state index contributed by atoms with van der Waals surface area (Å²) >= 11 is 0. The number of piperidine rings is 1. The average Bonchev–Trinajstić information content (AvgIpc) is 2.19. The molecular formula is C14H30N2. The Labute approximate surface area is 102 Å². The molecule has 0 aromatic rings. The SMILES string of the molecule is CC(C)CNC[C@@H]1CCCCN1CC(C)C. The lowest BCUT2D eigenvalue weighted by molar-refractivity contribution is 0.129. The molecule has 0 radical (unpaired) electrons. The van der Waals surface area contributed by atoms with E-state index in [-0.39, 0.29) is 0 Å². The fraction of sp³-hybridized carbons (Fsp3) is 1.00. The molecule has 1 aliphatic heterocycles. The van der Waals surface area contributed by atoms with Gasteiger partial charge >= 0.3 is 0 Å². The van der Waals surface area contributed by atoms with E-state index in [0.29, 0.717) is 0 Å². The zero-order valence-corrected chi connectivity index (χ0v) is 11.6. The highest BCUT2D eigenvalue weighted by Gasteiger charge is 2.22. The summed E-state index contributed by atoms with van der Waals surface area (Å²) in [4.78, 5) is 2.70. The van der Waals surface area contributed by atoms with Crippen molar-refractivity contribution in [1.29, 1.82) is 0 Å². The van der Waals surface area contributed by atoms with Gasteiger partial charge in [-0.2, -0.15) is 0 Å². The van der Waals surface area contributed by atoms with Gasteiger partial charge in [-0.3, -0.25) is 4.90 Å². The molecule has 2 nitrogen and oxygen atoms in total. The smallest absolute Gasteiger partial charge is 0.0220 e. The molecule has 1 heterocycles. The highest BCUT2D eigenvalue weighted by atomic mass is 15.2. The summed E-state index contributed by atoms with van der Waals surface area (Å²) in [6, 6.07) is 0.787. The standard InChI is InChI=1S/C14H30N2/c1-12(2)9-15-10-14-7-5-6-8-16(14)11-13(3)4/h12-15H,5-11H2,1-4H3/t14-/m0/s1. The first kappa shape index (κ1) is 14.0. The number of nitrogens with zero attached hydrogens (tertiary/aromatic N) is 1. The van der Waals surface area contributed by atoms with Crippen molar-refractivity contribution in [3.8, 4) is 0 Å². The van der Waals surface area contributed by atoms with E-state index >= 15 is 0 Å².